The monoisotopic (exact) mass is 407 g/mol. The van der Waals surface area contributed by atoms with Gasteiger partial charge < -0.3 is 24.3 Å². The molecule has 28 heavy (non-hydrogen) atoms. The molecule has 0 heterocycles. The first kappa shape index (κ1) is 21.4. The fraction of sp³-hybridized carbons (Fsp3) is 0.300. The van der Waals surface area contributed by atoms with Crippen molar-refractivity contribution in [3.05, 3.63) is 46.5 Å². The second kappa shape index (κ2) is 9.85. The van der Waals surface area contributed by atoms with Gasteiger partial charge in [0.2, 0.25) is 5.75 Å². The molecule has 0 fully saturated rings. The van der Waals surface area contributed by atoms with E-state index in [0.29, 0.717) is 33.5 Å². The molecule has 0 atom stereocenters. The largest absolute Gasteiger partial charge is 0.493 e. The Kier molecular flexibility index (Phi) is 7.52. The number of carbonyl (C=O) groups excluding carboxylic acids is 2. The number of amides is 1. The molecule has 0 saturated carbocycles. The lowest BCUT2D eigenvalue weighted by molar-refractivity contribution is -0.146. The summed E-state index contributed by atoms with van der Waals surface area (Å²) < 4.78 is 20.8. The summed E-state index contributed by atoms with van der Waals surface area (Å²) in [5, 5.41) is 3.20. The topological polar surface area (TPSA) is 83.1 Å². The predicted molar refractivity (Wildman–Crippen MR) is 106 cm³/mol. The van der Waals surface area contributed by atoms with Crippen LogP contribution in [0, 0.1) is 6.92 Å². The van der Waals surface area contributed by atoms with Gasteiger partial charge in [0.25, 0.3) is 5.91 Å². The molecule has 0 saturated heterocycles. The molecule has 2 rings (SSSR count). The Bertz CT molecular complexity index is 843. The first-order chi connectivity index (χ1) is 13.4. The zero-order valence-electron chi connectivity index (χ0n) is 16.1. The van der Waals surface area contributed by atoms with Crippen molar-refractivity contribution in [3.63, 3.8) is 0 Å². The predicted octanol–water partition coefficient (Wildman–Crippen LogP) is 3.40. The van der Waals surface area contributed by atoms with E-state index in [4.69, 9.17) is 30.5 Å². The fourth-order valence-corrected chi connectivity index (χ4v) is 2.70. The van der Waals surface area contributed by atoms with Gasteiger partial charge in [0.1, 0.15) is 0 Å². The summed E-state index contributed by atoms with van der Waals surface area (Å²) >= 11 is 6.02. The molecule has 7 nitrogen and oxygen atoms in total. The highest BCUT2D eigenvalue weighted by Crippen LogP contribution is 2.38. The van der Waals surface area contributed by atoms with E-state index in [-0.39, 0.29) is 6.42 Å². The lowest BCUT2D eigenvalue weighted by Gasteiger charge is -2.14. The Labute approximate surface area is 168 Å². The molecule has 1 N–H and O–H groups in total. The number of ether oxygens (including phenoxy) is 4. The zero-order chi connectivity index (χ0) is 20.7. The number of methoxy groups -OCH3 is 3. The third-order valence-corrected chi connectivity index (χ3v) is 4.39. The lowest BCUT2D eigenvalue weighted by Crippen LogP contribution is -2.22. The van der Waals surface area contributed by atoms with Gasteiger partial charge in [-0.25, -0.2) is 0 Å². The van der Waals surface area contributed by atoms with Gasteiger partial charge in [-0.3, -0.25) is 9.59 Å². The molecule has 0 bridgehead atoms. The Hall–Kier alpha value is -2.93. The smallest absolute Gasteiger partial charge is 0.310 e. The zero-order valence-corrected chi connectivity index (χ0v) is 16.9. The second-order valence-electron chi connectivity index (χ2n) is 5.83. The molecule has 8 heteroatoms. The van der Waals surface area contributed by atoms with E-state index in [1.807, 2.05) is 0 Å². The number of carbonyl (C=O) groups is 2. The third kappa shape index (κ3) is 5.29. The summed E-state index contributed by atoms with van der Waals surface area (Å²) in [5.74, 6) is 0.270. The van der Waals surface area contributed by atoms with Gasteiger partial charge in [-0.2, -0.15) is 0 Å². The van der Waals surface area contributed by atoms with Crippen LogP contribution in [0.15, 0.2) is 30.3 Å². The minimum atomic E-state index is -0.563. The van der Waals surface area contributed by atoms with E-state index in [2.05, 4.69) is 5.32 Å². The molecule has 150 valence electrons. The van der Waals surface area contributed by atoms with E-state index in [9.17, 15) is 9.59 Å². The molecular formula is C20H22ClNO6. The molecule has 0 aromatic heterocycles. The van der Waals surface area contributed by atoms with Crippen LogP contribution in [0.25, 0.3) is 0 Å². The SMILES string of the molecule is COc1cc(CC(=O)OCC(=O)Nc2cccc(Cl)c2C)cc(OC)c1OC. The molecule has 1 amide bonds. The number of rotatable bonds is 8. The van der Waals surface area contributed by atoms with Gasteiger partial charge in [0, 0.05) is 10.7 Å². The van der Waals surface area contributed by atoms with Gasteiger partial charge >= 0.3 is 5.97 Å². The van der Waals surface area contributed by atoms with E-state index >= 15 is 0 Å². The molecule has 0 aliphatic carbocycles. The van der Waals surface area contributed by atoms with E-state index in [1.165, 1.54) is 21.3 Å². The van der Waals surface area contributed by atoms with Crippen molar-refractivity contribution < 1.29 is 28.5 Å². The minimum Gasteiger partial charge on any atom is -0.493 e. The minimum absolute atomic E-state index is 0.0554. The highest BCUT2D eigenvalue weighted by molar-refractivity contribution is 6.31. The number of nitrogens with one attached hydrogen (secondary N) is 1. The molecule has 0 spiro atoms. The van der Waals surface area contributed by atoms with Crippen molar-refractivity contribution in [2.24, 2.45) is 0 Å². The Morgan fingerprint density at radius 3 is 2.25 bits per heavy atom. The van der Waals surface area contributed by atoms with Gasteiger partial charge in [-0.15, -0.1) is 0 Å². The van der Waals surface area contributed by atoms with Crippen LogP contribution < -0.4 is 19.5 Å². The summed E-state index contributed by atoms with van der Waals surface area (Å²) in [7, 11) is 4.47. The van der Waals surface area contributed by atoms with Crippen molar-refractivity contribution in [1.29, 1.82) is 0 Å². The van der Waals surface area contributed by atoms with Crippen LogP contribution in [-0.4, -0.2) is 39.8 Å². The van der Waals surface area contributed by atoms with Crippen LogP contribution >= 0.6 is 11.6 Å². The molecule has 0 aliphatic heterocycles. The maximum atomic E-state index is 12.1. The first-order valence-electron chi connectivity index (χ1n) is 8.39. The van der Waals surface area contributed by atoms with Crippen LogP contribution in [0.2, 0.25) is 5.02 Å². The second-order valence-corrected chi connectivity index (χ2v) is 6.24. The van der Waals surface area contributed by atoms with Crippen LogP contribution in [0.4, 0.5) is 5.69 Å². The van der Waals surface area contributed by atoms with Crippen LogP contribution in [-0.2, 0) is 20.7 Å². The third-order valence-electron chi connectivity index (χ3n) is 3.98. The van der Waals surface area contributed by atoms with Crippen molar-refractivity contribution in [2.45, 2.75) is 13.3 Å². The number of benzene rings is 2. The normalized spacial score (nSPS) is 10.2. The molecule has 2 aromatic carbocycles. The molecule has 0 unspecified atom stereocenters. The average molecular weight is 408 g/mol. The van der Waals surface area contributed by atoms with Crippen molar-refractivity contribution in [2.75, 3.05) is 33.3 Å². The quantitative estimate of drug-likeness (QED) is 0.675. The summed E-state index contributed by atoms with van der Waals surface area (Å²) in [4.78, 5) is 24.1. The summed E-state index contributed by atoms with van der Waals surface area (Å²) in [6, 6.07) is 8.47. The number of anilines is 1. The van der Waals surface area contributed by atoms with Crippen LogP contribution in [0.3, 0.4) is 0 Å². The highest BCUT2D eigenvalue weighted by atomic mass is 35.5. The maximum absolute atomic E-state index is 12.1. The molecule has 0 aliphatic rings. The lowest BCUT2D eigenvalue weighted by atomic mass is 10.1. The van der Waals surface area contributed by atoms with E-state index in [0.717, 1.165) is 5.56 Å². The Morgan fingerprint density at radius 1 is 1.04 bits per heavy atom. The van der Waals surface area contributed by atoms with Crippen molar-refractivity contribution in [3.8, 4) is 17.2 Å². The summed E-state index contributed by atoms with van der Waals surface area (Å²) in [6.07, 6.45) is -0.0554. The van der Waals surface area contributed by atoms with Crippen molar-refractivity contribution >= 4 is 29.2 Å². The van der Waals surface area contributed by atoms with Gasteiger partial charge in [0.15, 0.2) is 18.1 Å². The summed E-state index contributed by atoms with van der Waals surface area (Å²) in [6.45, 7) is 1.38. The van der Waals surface area contributed by atoms with Crippen LogP contribution in [0.1, 0.15) is 11.1 Å². The Morgan fingerprint density at radius 2 is 1.68 bits per heavy atom. The number of hydrogen-bond donors (Lipinski definition) is 1. The fourth-order valence-electron chi connectivity index (χ4n) is 2.53. The Balaban J connectivity index is 1.97. The summed E-state index contributed by atoms with van der Waals surface area (Å²) in [5.41, 5.74) is 1.91. The molecular weight excluding hydrogens is 386 g/mol. The standard InChI is InChI=1S/C20H22ClNO6/c1-12-14(21)6-5-7-15(12)22-18(23)11-28-19(24)10-13-8-16(25-2)20(27-4)17(9-13)26-3/h5-9H,10-11H2,1-4H3,(H,22,23). The average Bonchev–Trinajstić information content (AvgIpc) is 2.69. The number of hydrogen-bond acceptors (Lipinski definition) is 6. The van der Waals surface area contributed by atoms with E-state index in [1.54, 1.807) is 37.3 Å². The molecule has 0 radical (unpaired) electrons. The number of esters is 1. The number of halogens is 1. The van der Waals surface area contributed by atoms with Crippen molar-refractivity contribution in [1.82, 2.24) is 0 Å². The van der Waals surface area contributed by atoms with Crippen LogP contribution in [0.5, 0.6) is 17.2 Å². The molecule has 2 aromatic rings. The van der Waals surface area contributed by atoms with Gasteiger partial charge in [0.05, 0.1) is 27.8 Å². The van der Waals surface area contributed by atoms with E-state index < -0.39 is 18.5 Å². The van der Waals surface area contributed by atoms with Gasteiger partial charge in [-0.05, 0) is 42.3 Å². The maximum Gasteiger partial charge on any atom is 0.310 e. The van der Waals surface area contributed by atoms with Gasteiger partial charge in [-0.1, -0.05) is 17.7 Å². The highest BCUT2D eigenvalue weighted by Gasteiger charge is 2.16. The first-order valence-corrected chi connectivity index (χ1v) is 8.76.